The minimum absolute atomic E-state index is 0.0666. The third-order valence-corrected chi connectivity index (χ3v) is 6.01. The zero-order chi connectivity index (χ0) is 21.8. The van der Waals surface area contributed by atoms with Crippen LogP contribution in [0.1, 0.15) is 15.5 Å². The van der Waals surface area contributed by atoms with E-state index in [9.17, 15) is 14.9 Å². The van der Waals surface area contributed by atoms with Crippen LogP contribution in [0, 0.1) is 10.1 Å². The molecule has 1 saturated heterocycles. The number of carbonyl (C=O) groups is 1. The Morgan fingerprint density at radius 3 is 2.42 bits per heavy atom. The molecule has 0 bridgehead atoms. The molecule has 4 rings (SSSR count). The maximum absolute atomic E-state index is 12.8. The summed E-state index contributed by atoms with van der Waals surface area (Å²) in [6, 6.07) is 13.5. The Kier molecular flexibility index (Phi) is 6.34. The summed E-state index contributed by atoms with van der Waals surface area (Å²) in [6.45, 7) is 2.71. The normalized spacial score (nSPS) is 13.8. The molecule has 0 spiro atoms. The number of non-ortho nitro benzene ring substituents is 1. The summed E-state index contributed by atoms with van der Waals surface area (Å²) in [4.78, 5) is 31.5. The number of nitrogens with zero attached hydrogens (tertiary/aromatic N) is 4. The first-order valence-electron chi connectivity index (χ1n) is 9.61. The third kappa shape index (κ3) is 5.12. The molecule has 10 heteroatoms. The van der Waals surface area contributed by atoms with Gasteiger partial charge in [0.25, 0.3) is 11.6 Å². The lowest BCUT2D eigenvalue weighted by atomic mass is 10.2. The fourth-order valence-corrected chi connectivity index (χ4v) is 4.07. The number of nitro groups is 1. The molecule has 1 fully saturated rings. The second kappa shape index (κ2) is 9.32. The van der Waals surface area contributed by atoms with Crippen molar-refractivity contribution in [1.29, 1.82) is 0 Å². The van der Waals surface area contributed by atoms with Gasteiger partial charge in [-0.25, -0.2) is 4.98 Å². The predicted molar refractivity (Wildman–Crippen MR) is 119 cm³/mol. The molecule has 3 aromatic rings. The Morgan fingerprint density at radius 1 is 1.10 bits per heavy atom. The van der Waals surface area contributed by atoms with Crippen LogP contribution in [0.2, 0.25) is 5.02 Å². The summed E-state index contributed by atoms with van der Waals surface area (Å²) in [7, 11) is 0. The van der Waals surface area contributed by atoms with E-state index in [2.05, 4.69) is 9.88 Å². The molecule has 0 N–H and O–H groups in total. The lowest BCUT2D eigenvalue weighted by Crippen LogP contribution is -2.48. The average molecular weight is 459 g/mol. The summed E-state index contributed by atoms with van der Waals surface area (Å²) >= 11 is 7.26. The van der Waals surface area contributed by atoms with E-state index < -0.39 is 4.92 Å². The molecule has 1 aliphatic heterocycles. The lowest BCUT2D eigenvalue weighted by Gasteiger charge is -2.35. The molecule has 160 valence electrons. The van der Waals surface area contributed by atoms with Crippen LogP contribution in [0.15, 0.2) is 53.9 Å². The highest BCUT2D eigenvalue weighted by Gasteiger charge is 2.24. The molecule has 8 nitrogen and oxygen atoms in total. The van der Waals surface area contributed by atoms with E-state index in [4.69, 9.17) is 16.3 Å². The van der Waals surface area contributed by atoms with Gasteiger partial charge in [-0.2, -0.15) is 0 Å². The van der Waals surface area contributed by atoms with E-state index in [1.165, 1.54) is 23.5 Å². The highest BCUT2D eigenvalue weighted by atomic mass is 35.5. The second-order valence-electron chi connectivity index (χ2n) is 6.92. The van der Waals surface area contributed by atoms with E-state index in [0.29, 0.717) is 42.6 Å². The number of hydrogen-bond acceptors (Lipinski definition) is 7. The number of anilines is 1. The van der Waals surface area contributed by atoms with Crippen molar-refractivity contribution in [3.8, 4) is 5.75 Å². The monoisotopic (exact) mass is 458 g/mol. The van der Waals surface area contributed by atoms with Gasteiger partial charge in [0, 0.05) is 54.4 Å². The van der Waals surface area contributed by atoms with E-state index in [-0.39, 0.29) is 18.2 Å². The Morgan fingerprint density at radius 2 is 1.77 bits per heavy atom. The van der Waals surface area contributed by atoms with Gasteiger partial charge >= 0.3 is 0 Å². The number of piperazine rings is 1. The summed E-state index contributed by atoms with van der Waals surface area (Å²) < 4.78 is 5.69. The molecule has 2 aromatic carbocycles. The average Bonchev–Trinajstić information content (AvgIpc) is 3.27. The molecule has 0 radical (unpaired) electrons. The number of nitro benzene ring substituents is 1. The molecule has 0 saturated carbocycles. The zero-order valence-electron chi connectivity index (χ0n) is 16.4. The summed E-state index contributed by atoms with van der Waals surface area (Å²) in [5.74, 6) is 0.590. The molecular formula is C21H19ClN4O4S. The molecular weight excluding hydrogens is 440 g/mol. The number of benzene rings is 2. The van der Waals surface area contributed by atoms with Gasteiger partial charge in [0.1, 0.15) is 23.1 Å². The predicted octanol–water partition coefficient (Wildman–Crippen LogP) is 4.25. The maximum Gasteiger partial charge on any atom is 0.273 e. The van der Waals surface area contributed by atoms with Crippen LogP contribution >= 0.6 is 22.9 Å². The largest absolute Gasteiger partial charge is 0.486 e. The van der Waals surface area contributed by atoms with E-state index >= 15 is 0 Å². The maximum atomic E-state index is 12.8. The molecule has 31 heavy (non-hydrogen) atoms. The van der Waals surface area contributed by atoms with Crippen LogP contribution in [-0.2, 0) is 6.61 Å². The minimum atomic E-state index is -0.414. The summed E-state index contributed by atoms with van der Waals surface area (Å²) in [5, 5.41) is 13.9. The molecule has 1 aliphatic rings. The van der Waals surface area contributed by atoms with Crippen LogP contribution < -0.4 is 9.64 Å². The van der Waals surface area contributed by atoms with Gasteiger partial charge in [-0.3, -0.25) is 14.9 Å². The van der Waals surface area contributed by atoms with Crippen LogP contribution in [0.25, 0.3) is 0 Å². The van der Waals surface area contributed by atoms with Crippen molar-refractivity contribution in [2.75, 3.05) is 31.1 Å². The second-order valence-corrected chi connectivity index (χ2v) is 8.30. The van der Waals surface area contributed by atoms with Crippen molar-refractivity contribution < 1.29 is 14.5 Å². The number of thiazole rings is 1. The van der Waals surface area contributed by atoms with Crippen LogP contribution in [0.3, 0.4) is 0 Å². The topological polar surface area (TPSA) is 88.8 Å². The molecule has 0 aliphatic carbocycles. The first-order valence-corrected chi connectivity index (χ1v) is 10.9. The number of aromatic nitrogens is 1. The van der Waals surface area contributed by atoms with E-state index in [1.807, 2.05) is 0 Å². The van der Waals surface area contributed by atoms with Gasteiger partial charge < -0.3 is 14.5 Å². The highest BCUT2D eigenvalue weighted by molar-refractivity contribution is 7.09. The lowest BCUT2D eigenvalue weighted by molar-refractivity contribution is -0.384. The number of ether oxygens (including phenoxy) is 1. The van der Waals surface area contributed by atoms with Crippen molar-refractivity contribution in [3.05, 3.63) is 79.7 Å². The van der Waals surface area contributed by atoms with Gasteiger partial charge in [0.05, 0.1) is 4.92 Å². The smallest absolute Gasteiger partial charge is 0.273 e. The molecule has 0 atom stereocenters. The Labute approximate surface area is 187 Å². The quantitative estimate of drug-likeness (QED) is 0.405. The highest BCUT2D eigenvalue weighted by Crippen LogP contribution is 2.22. The Hall–Kier alpha value is -3.17. The minimum Gasteiger partial charge on any atom is -0.486 e. The van der Waals surface area contributed by atoms with Crippen molar-refractivity contribution >= 4 is 40.2 Å². The van der Waals surface area contributed by atoms with E-state index in [1.54, 1.807) is 46.7 Å². The fourth-order valence-electron chi connectivity index (χ4n) is 3.27. The SMILES string of the molecule is O=C(c1csc(COc2ccc(Cl)cc2)n1)N1CCN(c2ccc([N+](=O)[O-])cc2)CC1. The summed E-state index contributed by atoms with van der Waals surface area (Å²) in [6.07, 6.45) is 0. The number of halogens is 1. The summed E-state index contributed by atoms with van der Waals surface area (Å²) in [5.41, 5.74) is 1.40. The molecule has 1 aromatic heterocycles. The Bertz CT molecular complexity index is 1060. The standard InChI is InChI=1S/C21H19ClN4O4S/c22-15-1-7-18(8-2-15)30-13-20-23-19(14-31-20)21(27)25-11-9-24(10-12-25)16-3-5-17(6-4-16)26(28)29/h1-8,14H,9-13H2. The van der Waals surface area contributed by atoms with Gasteiger partial charge in [-0.15, -0.1) is 11.3 Å². The number of carbonyl (C=O) groups excluding carboxylic acids is 1. The fraction of sp³-hybridized carbons (Fsp3) is 0.238. The van der Waals surface area contributed by atoms with Crippen LogP contribution in [0.4, 0.5) is 11.4 Å². The van der Waals surface area contributed by atoms with Crippen molar-refractivity contribution in [2.24, 2.45) is 0 Å². The number of rotatable bonds is 6. The van der Waals surface area contributed by atoms with Crippen molar-refractivity contribution in [3.63, 3.8) is 0 Å². The van der Waals surface area contributed by atoms with Crippen LogP contribution in [-0.4, -0.2) is 46.9 Å². The molecule has 0 unspecified atom stereocenters. The van der Waals surface area contributed by atoms with Gasteiger partial charge in [-0.1, -0.05) is 11.6 Å². The first-order chi connectivity index (χ1) is 15.0. The van der Waals surface area contributed by atoms with Gasteiger partial charge in [-0.05, 0) is 36.4 Å². The van der Waals surface area contributed by atoms with Gasteiger partial charge in [0.15, 0.2) is 0 Å². The van der Waals surface area contributed by atoms with Crippen molar-refractivity contribution in [1.82, 2.24) is 9.88 Å². The van der Waals surface area contributed by atoms with Crippen LogP contribution in [0.5, 0.6) is 5.75 Å². The number of amides is 1. The first kappa shape index (κ1) is 21.1. The number of hydrogen-bond donors (Lipinski definition) is 0. The van der Waals surface area contributed by atoms with Gasteiger partial charge in [0.2, 0.25) is 0 Å². The third-order valence-electron chi connectivity index (χ3n) is 4.94. The molecule has 1 amide bonds. The Balaban J connectivity index is 1.30. The van der Waals surface area contributed by atoms with E-state index in [0.717, 1.165) is 10.7 Å². The van der Waals surface area contributed by atoms with Crippen molar-refractivity contribution in [2.45, 2.75) is 6.61 Å². The zero-order valence-corrected chi connectivity index (χ0v) is 18.0. The molecule has 2 heterocycles.